The lowest BCUT2D eigenvalue weighted by molar-refractivity contribution is -0.0339. The fourth-order valence-corrected chi connectivity index (χ4v) is 5.45. The van der Waals surface area contributed by atoms with E-state index in [1.807, 2.05) is 0 Å². The number of halogens is 1. The molecule has 0 saturated carbocycles. The Morgan fingerprint density at radius 1 is 0.827 bits per heavy atom. The van der Waals surface area contributed by atoms with E-state index in [4.69, 9.17) is 23.7 Å². The van der Waals surface area contributed by atoms with E-state index in [0.29, 0.717) is 22.2 Å². The Labute approximate surface area is 301 Å². The largest absolute Gasteiger partial charge is 0.474 e. The number of carbonyl (C=O) groups is 4. The molecular weight excluding hydrogens is 679 g/mol. The van der Waals surface area contributed by atoms with Crippen molar-refractivity contribution in [1.82, 2.24) is 14.9 Å². The van der Waals surface area contributed by atoms with Gasteiger partial charge in [0.05, 0.1) is 25.3 Å². The van der Waals surface area contributed by atoms with E-state index in [1.54, 1.807) is 69.2 Å². The van der Waals surface area contributed by atoms with Gasteiger partial charge in [-0.3, -0.25) is 15.5 Å². The molecule has 1 saturated heterocycles. The van der Waals surface area contributed by atoms with E-state index in [2.05, 4.69) is 20.6 Å². The SMILES string of the molecule is Cc1c(-c2cc3cc(NC(=O)OC4CN(C(=O)OC(C)(C)C)C4)ncc3c(NC(=O)OC(C)(C)C)c2F)cnc2c1N(C(=O)OC(C)(C)C)CCO2. The molecule has 0 radical (unpaired) electrons. The van der Waals surface area contributed by atoms with Crippen molar-refractivity contribution in [3.05, 3.63) is 35.9 Å². The molecule has 3 aromatic rings. The summed E-state index contributed by atoms with van der Waals surface area (Å²) in [5.74, 6) is -0.557. The van der Waals surface area contributed by atoms with Crippen molar-refractivity contribution in [2.45, 2.75) is 92.1 Å². The molecule has 280 valence electrons. The highest BCUT2D eigenvalue weighted by atomic mass is 19.1. The van der Waals surface area contributed by atoms with Crippen molar-refractivity contribution in [3.63, 3.8) is 0 Å². The number of aromatic nitrogens is 2. The highest BCUT2D eigenvalue weighted by Crippen LogP contribution is 2.42. The highest BCUT2D eigenvalue weighted by molar-refractivity contribution is 6.05. The van der Waals surface area contributed by atoms with Crippen molar-refractivity contribution in [1.29, 1.82) is 0 Å². The summed E-state index contributed by atoms with van der Waals surface area (Å²) in [6.07, 6.45) is -0.662. The molecular formula is C36H45FN6O9. The minimum atomic E-state index is -0.902. The van der Waals surface area contributed by atoms with Crippen molar-refractivity contribution >= 4 is 52.3 Å². The quantitative estimate of drug-likeness (QED) is 0.257. The summed E-state index contributed by atoms with van der Waals surface area (Å²) in [4.78, 5) is 62.7. The molecule has 4 heterocycles. The number of likely N-dealkylation sites (tertiary alicyclic amines) is 1. The van der Waals surface area contributed by atoms with Gasteiger partial charge in [0, 0.05) is 28.9 Å². The van der Waals surface area contributed by atoms with Gasteiger partial charge in [-0.1, -0.05) is 0 Å². The third-order valence-corrected chi connectivity index (χ3v) is 7.59. The lowest BCUT2D eigenvalue weighted by Gasteiger charge is -2.38. The van der Waals surface area contributed by atoms with Crippen LogP contribution in [0.5, 0.6) is 5.88 Å². The molecule has 0 bridgehead atoms. The first-order valence-corrected chi connectivity index (χ1v) is 16.8. The summed E-state index contributed by atoms with van der Waals surface area (Å²) >= 11 is 0. The molecule has 5 rings (SSSR count). The molecule has 2 N–H and O–H groups in total. The summed E-state index contributed by atoms with van der Waals surface area (Å²) in [6.45, 7) is 18.0. The van der Waals surface area contributed by atoms with Gasteiger partial charge in [0.2, 0.25) is 5.88 Å². The van der Waals surface area contributed by atoms with Gasteiger partial charge in [0.25, 0.3) is 0 Å². The molecule has 16 heteroatoms. The molecule has 0 spiro atoms. The Bertz CT molecular complexity index is 1910. The van der Waals surface area contributed by atoms with E-state index < -0.39 is 53.1 Å². The molecule has 0 unspecified atom stereocenters. The van der Waals surface area contributed by atoms with E-state index in [-0.39, 0.29) is 54.6 Å². The van der Waals surface area contributed by atoms with Crippen molar-refractivity contribution in [2.75, 3.05) is 41.8 Å². The van der Waals surface area contributed by atoms with Crippen molar-refractivity contribution in [2.24, 2.45) is 0 Å². The Kier molecular flexibility index (Phi) is 10.2. The number of carbonyl (C=O) groups excluding carboxylic acids is 4. The second-order valence-electron chi connectivity index (χ2n) is 15.5. The van der Waals surface area contributed by atoms with Gasteiger partial charge in [-0.15, -0.1) is 0 Å². The van der Waals surface area contributed by atoms with Gasteiger partial charge >= 0.3 is 24.4 Å². The van der Waals surface area contributed by atoms with Crippen LogP contribution in [-0.4, -0.2) is 88.4 Å². The molecule has 15 nitrogen and oxygen atoms in total. The number of anilines is 3. The van der Waals surface area contributed by atoms with Gasteiger partial charge in [-0.25, -0.2) is 33.5 Å². The van der Waals surface area contributed by atoms with Crippen LogP contribution in [0.1, 0.15) is 67.9 Å². The monoisotopic (exact) mass is 724 g/mol. The van der Waals surface area contributed by atoms with E-state index in [1.165, 1.54) is 34.3 Å². The van der Waals surface area contributed by atoms with Crippen molar-refractivity contribution < 1.29 is 47.3 Å². The first-order chi connectivity index (χ1) is 24.1. The van der Waals surface area contributed by atoms with Crippen LogP contribution in [-0.2, 0) is 18.9 Å². The third kappa shape index (κ3) is 8.90. The number of benzene rings is 1. The van der Waals surface area contributed by atoms with Gasteiger partial charge < -0.3 is 28.6 Å². The second kappa shape index (κ2) is 14.0. The zero-order chi connectivity index (χ0) is 38.3. The molecule has 2 aliphatic heterocycles. The first-order valence-electron chi connectivity index (χ1n) is 16.8. The Morgan fingerprint density at radius 2 is 1.46 bits per heavy atom. The second-order valence-corrected chi connectivity index (χ2v) is 15.5. The number of nitrogens with one attached hydrogen (secondary N) is 2. The molecule has 1 aromatic carbocycles. The molecule has 2 aromatic heterocycles. The standard InChI is InChI=1S/C36H45FN6O9/c1-19-23(15-39-29-28(19)43(11-12-48-29)33(47)52-36(8,9)10)22-13-20-14-25(38-16-24(20)27(26(22)37)41-31(45)50-34(2,3)4)40-30(44)49-21-17-42(18-21)32(46)51-35(5,6)7/h13-16,21H,11-12,17-18H2,1-10H3,(H,41,45)(H,38,40,44). The zero-order valence-corrected chi connectivity index (χ0v) is 31.1. The Balaban J connectivity index is 1.48. The van der Waals surface area contributed by atoms with Crippen LogP contribution >= 0.6 is 0 Å². The van der Waals surface area contributed by atoms with Crippen LogP contribution in [0.2, 0.25) is 0 Å². The zero-order valence-electron chi connectivity index (χ0n) is 31.1. The molecule has 2 aliphatic rings. The third-order valence-electron chi connectivity index (χ3n) is 7.59. The molecule has 52 heavy (non-hydrogen) atoms. The van der Waals surface area contributed by atoms with Gasteiger partial charge in [-0.05, 0) is 92.3 Å². The predicted molar refractivity (Wildman–Crippen MR) is 190 cm³/mol. The summed E-state index contributed by atoms with van der Waals surface area (Å²) in [5.41, 5.74) is -1.42. The molecule has 1 fully saturated rings. The Hall–Kier alpha value is -5.41. The van der Waals surface area contributed by atoms with Crippen LogP contribution in [0.3, 0.4) is 0 Å². The van der Waals surface area contributed by atoms with Crippen LogP contribution in [0, 0.1) is 12.7 Å². The van der Waals surface area contributed by atoms with E-state index in [9.17, 15) is 19.2 Å². The highest BCUT2D eigenvalue weighted by Gasteiger charge is 2.37. The molecule has 4 amide bonds. The van der Waals surface area contributed by atoms with Crippen molar-refractivity contribution in [3.8, 4) is 17.0 Å². The normalized spacial score (nSPS) is 14.8. The summed E-state index contributed by atoms with van der Waals surface area (Å²) in [5, 5.41) is 5.68. The summed E-state index contributed by atoms with van der Waals surface area (Å²) in [7, 11) is 0. The van der Waals surface area contributed by atoms with Gasteiger partial charge in [0.1, 0.15) is 41.0 Å². The maximum absolute atomic E-state index is 16.7. The smallest absolute Gasteiger partial charge is 0.415 e. The van der Waals surface area contributed by atoms with Gasteiger partial charge in [0.15, 0.2) is 5.82 Å². The average molecular weight is 725 g/mol. The van der Waals surface area contributed by atoms with E-state index in [0.717, 1.165) is 0 Å². The number of pyridine rings is 2. The van der Waals surface area contributed by atoms with Crippen LogP contribution in [0.4, 0.5) is 40.8 Å². The van der Waals surface area contributed by atoms with Gasteiger partial charge in [-0.2, -0.15) is 0 Å². The summed E-state index contributed by atoms with van der Waals surface area (Å²) < 4.78 is 44.2. The molecule has 0 atom stereocenters. The van der Waals surface area contributed by atoms with E-state index >= 15 is 4.39 Å². The average Bonchev–Trinajstić information content (AvgIpc) is 2.97. The maximum atomic E-state index is 16.7. The number of amides is 4. The fourth-order valence-electron chi connectivity index (χ4n) is 5.45. The predicted octanol–water partition coefficient (Wildman–Crippen LogP) is 7.39. The van der Waals surface area contributed by atoms with Crippen LogP contribution < -0.4 is 20.3 Å². The number of rotatable bonds is 4. The number of ether oxygens (including phenoxy) is 5. The number of nitrogens with zero attached hydrogens (tertiary/aromatic N) is 4. The number of fused-ring (bicyclic) bond motifs is 2. The Morgan fingerprint density at radius 3 is 2.10 bits per heavy atom. The summed E-state index contributed by atoms with van der Waals surface area (Å²) in [6, 6.07) is 3.01. The number of hydrogen-bond donors (Lipinski definition) is 2. The molecule has 0 aliphatic carbocycles. The van der Waals surface area contributed by atoms with Crippen LogP contribution in [0.25, 0.3) is 21.9 Å². The first kappa shape index (κ1) is 37.8. The topological polar surface area (TPSA) is 171 Å². The minimum absolute atomic E-state index is 0.0255. The van der Waals surface area contributed by atoms with Crippen LogP contribution in [0.15, 0.2) is 24.5 Å². The lowest BCUT2D eigenvalue weighted by Crippen LogP contribution is -2.56. The fraction of sp³-hybridized carbons (Fsp3) is 0.500. The maximum Gasteiger partial charge on any atom is 0.415 e. The number of hydrogen-bond acceptors (Lipinski definition) is 11. The minimum Gasteiger partial charge on any atom is -0.474 e. The lowest BCUT2D eigenvalue weighted by atomic mass is 9.96.